The summed E-state index contributed by atoms with van der Waals surface area (Å²) in [6.07, 6.45) is 3.72. The Bertz CT molecular complexity index is 2950. The van der Waals surface area contributed by atoms with Crippen molar-refractivity contribution in [3.8, 4) is 78.4 Å². The zero-order valence-corrected chi connectivity index (χ0v) is 30.6. The highest BCUT2D eigenvalue weighted by Crippen LogP contribution is 2.43. The van der Waals surface area contributed by atoms with Gasteiger partial charge in [-0.15, -0.1) is 11.3 Å². The molecule has 55 heavy (non-hydrogen) atoms. The van der Waals surface area contributed by atoms with E-state index in [1.165, 1.54) is 36.9 Å². The molecule has 0 atom stereocenters. The van der Waals surface area contributed by atoms with Gasteiger partial charge in [-0.1, -0.05) is 152 Å². The van der Waals surface area contributed by atoms with Crippen molar-refractivity contribution in [2.24, 2.45) is 0 Å². The second kappa shape index (κ2) is 14.1. The van der Waals surface area contributed by atoms with E-state index in [1.807, 2.05) is 48.0 Å². The van der Waals surface area contributed by atoms with Crippen LogP contribution in [0.4, 0.5) is 0 Å². The quantitative estimate of drug-likeness (QED) is 0.165. The highest BCUT2D eigenvalue weighted by atomic mass is 32.1. The number of rotatable bonds is 7. The second-order valence-electron chi connectivity index (χ2n) is 13.6. The lowest BCUT2D eigenvalue weighted by Crippen LogP contribution is -1.97. The summed E-state index contributed by atoms with van der Waals surface area (Å²) in [7, 11) is 0. The van der Waals surface area contributed by atoms with Crippen LogP contribution in [0.15, 0.2) is 200 Å². The standard InChI is InChI=1S/C51H33N3S/c1-3-13-34(14-4-1)35-24-26-36(27-25-35)39-29-40(43-21-11-22-46-45-20-9-10-23-49(45)55-50(43)46)31-41(30-39)47-32-48(54-51(53-47)37-15-5-2-6-16-37)44-19-8-7-18-42(44)38-17-12-28-52-33-38/h1-33H. The van der Waals surface area contributed by atoms with Crippen LogP contribution in [0, 0.1) is 0 Å². The molecule has 0 bridgehead atoms. The molecule has 10 rings (SSSR count). The summed E-state index contributed by atoms with van der Waals surface area (Å²) in [5.74, 6) is 0.680. The monoisotopic (exact) mass is 719 g/mol. The number of benzene rings is 7. The minimum atomic E-state index is 0.680. The highest BCUT2D eigenvalue weighted by molar-refractivity contribution is 7.26. The molecule has 3 nitrogen and oxygen atoms in total. The number of hydrogen-bond donors (Lipinski definition) is 0. The fraction of sp³-hybridized carbons (Fsp3) is 0. The van der Waals surface area contributed by atoms with Crippen molar-refractivity contribution in [1.82, 2.24) is 15.0 Å². The van der Waals surface area contributed by atoms with Gasteiger partial charge in [-0.3, -0.25) is 4.98 Å². The molecule has 0 aliphatic rings. The number of hydrogen-bond acceptors (Lipinski definition) is 4. The van der Waals surface area contributed by atoms with Gasteiger partial charge in [-0.2, -0.15) is 0 Å². The molecular weight excluding hydrogens is 687 g/mol. The number of pyridine rings is 1. The lowest BCUT2D eigenvalue weighted by Gasteiger charge is -2.15. The maximum Gasteiger partial charge on any atom is 0.160 e. The number of thiophene rings is 1. The predicted octanol–water partition coefficient (Wildman–Crippen LogP) is 13.9. The molecule has 7 aromatic carbocycles. The summed E-state index contributed by atoms with van der Waals surface area (Å²) in [6, 6.07) is 66.6. The molecule has 0 aliphatic carbocycles. The van der Waals surface area contributed by atoms with E-state index in [0.717, 1.165) is 55.9 Å². The van der Waals surface area contributed by atoms with Gasteiger partial charge in [0.25, 0.3) is 0 Å². The summed E-state index contributed by atoms with van der Waals surface area (Å²) >= 11 is 1.85. The lowest BCUT2D eigenvalue weighted by molar-refractivity contribution is 1.18. The van der Waals surface area contributed by atoms with E-state index in [4.69, 9.17) is 9.97 Å². The van der Waals surface area contributed by atoms with Crippen LogP contribution in [0.2, 0.25) is 0 Å². The fourth-order valence-electron chi connectivity index (χ4n) is 7.49. The first-order valence-corrected chi connectivity index (χ1v) is 19.2. The third kappa shape index (κ3) is 6.29. The highest BCUT2D eigenvalue weighted by Gasteiger charge is 2.17. The Morgan fingerprint density at radius 1 is 0.345 bits per heavy atom. The minimum absolute atomic E-state index is 0.680. The first-order valence-electron chi connectivity index (χ1n) is 18.4. The van der Waals surface area contributed by atoms with E-state index in [-0.39, 0.29) is 0 Å². The average molecular weight is 720 g/mol. The van der Waals surface area contributed by atoms with Crippen LogP contribution in [0.1, 0.15) is 0 Å². The van der Waals surface area contributed by atoms with Gasteiger partial charge in [0.15, 0.2) is 5.82 Å². The fourth-order valence-corrected chi connectivity index (χ4v) is 8.73. The Labute approximate surface area is 323 Å². The molecule has 4 heteroatoms. The summed E-state index contributed by atoms with van der Waals surface area (Å²) < 4.78 is 2.57. The van der Waals surface area contributed by atoms with E-state index in [2.05, 4.69) is 169 Å². The Balaban J connectivity index is 1.20. The first kappa shape index (κ1) is 32.6. The maximum absolute atomic E-state index is 5.30. The van der Waals surface area contributed by atoms with Gasteiger partial charge < -0.3 is 0 Å². The SMILES string of the molecule is c1ccc(-c2ccc(-c3cc(-c4cc(-c5ccccc5-c5cccnc5)nc(-c5ccccc5)n4)cc(-c4cccc5c4sc4ccccc45)c3)cc2)cc1. The summed E-state index contributed by atoms with van der Waals surface area (Å²) in [5, 5.41) is 2.57. The molecule has 0 radical (unpaired) electrons. The number of fused-ring (bicyclic) bond motifs is 3. The molecule has 3 aromatic heterocycles. The Kier molecular flexibility index (Phi) is 8.36. The summed E-state index contributed by atoms with van der Waals surface area (Å²) in [4.78, 5) is 15.0. The lowest BCUT2D eigenvalue weighted by atomic mass is 9.92. The smallest absolute Gasteiger partial charge is 0.160 e. The number of aromatic nitrogens is 3. The number of nitrogens with zero attached hydrogens (tertiary/aromatic N) is 3. The second-order valence-corrected chi connectivity index (χ2v) is 14.7. The van der Waals surface area contributed by atoms with Crippen molar-refractivity contribution in [2.45, 2.75) is 0 Å². The van der Waals surface area contributed by atoms with E-state index in [1.54, 1.807) is 0 Å². The van der Waals surface area contributed by atoms with Crippen LogP contribution in [0.25, 0.3) is 98.6 Å². The van der Waals surface area contributed by atoms with Crippen LogP contribution < -0.4 is 0 Å². The van der Waals surface area contributed by atoms with E-state index in [9.17, 15) is 0 Å². The van der Waals surface area contributed by atoms with Crippen molar-refractivity contribution in [3.05, 3.63) is 200 Å². The van der Waals surface area contributed by atoms with Crippen LogP contribution in [0.5, 0.6) is 0 Å². The van der Waals surface area contributed by atoms with Crippen molar-refractivity contribution in [1.29, 1.82) is 0 Å². The van der Waals surface area contributed by atoms with Gasteiger partial charge in [0.1, 0.15) is 0 Å². The van der Waals surface area contributed by atoms with Crippen LogP contribution in [-0.4, -0.2) is 15.0 Å². The Morgan fingerprint density at radius 2 is 0.927 bits per heavy atom. The zero-order chi connectivity index (χ0) is 36.6. The molecular formula is C51H33N3S. The van der Waals surface area contributed by atoms with Crippen molar-refractivity contribution < 1.29 is 0 Å². The molecule has 10 aromatic rings. The largest absolute Gasteiger partial charge is 0.264 e. The van der Waals surface area contributed by atoms with Crippen LogP contribution in [-0.2, 0) is 0 Å². The summed E-state index contributed by atoms with van der Waals surface area (Å²) in [6.45, 7) is 0. The van der Waals surface area contributed by atoms with Gasteiger partial charge in [0, 0.05) is 54.8 Å². The van der Waals surface area contributed by atoms with Crippen molar-refractivity contribution >= 4 is 31.5 Å². The van der Waals surface area contributed by atoms with Gasteiger partial charge >= 0.3 is 0 Å². The zero-order valence-electron chi connectivity index (χ0n) is 29.8. The molecule has 0 unspecified atom stereocenters. The minimum Gasteiger partial charge on any atom is -0.264 e. The molecule has 0 amide bonds. The van der Waals surface area contributed by atoms with Gasteiger partial charge in [-0.25, -0.2) is 9.97 Å². The van der Waals surface area contributed by atoms with Crippen molar-refractivity contribution in [3.63, 3.8) is 0 Å². The molecule has 0 fully saturated rings. The predicted molar refractivity (Wildman–Crippen MR) is 231 cm³/mol. The van der Waals surface area contributed by atoms with Crippen LogP contribution in [0.3, 0.4) is 0 Å². The van der Waals surface area contributed by atoms with Gasteiger partial charge in [0.05, 0.1) is 11.4 Å². The molecule has 258 valence electrons. The topological polar surface area (TPSA) is 38.7 Å². The third-order valence-electron chi connectivity index (χ3n) is 10.2. The normalized spacial score (nSPS) is 11.3. The maximum atomic E-state index is 5.30. The molecule has 0 N–H and O–H groups in total. The van der Waals surface area contributed by atoms with Crippen LogP contribution >= 0.6 is 11.3 Å². The molecule has 0 saturated carbocycles. The Hall–Kier alpha value is -7.01. The average Bonchev–Trinajstić information content (AvgIpc) is 3.66. The Morgan fingerprint density at radius 3 is 1.71 bits per heavy atom. The molecule has 0 saturated heterocycles. The molecule has 0 spiro atoms. The van der Waals surface area contributed by atoms with Gasteiger partial charge in [-0.05, 0) is 75.3 Å². The first-order chi connectivity index (χ1) is 27.2. The van der Waals surface area contributed by atoms with E-state index >= 15 is 0 Å². The van der Waals surface area contributed by atoms with E-state index in [0.29, 0.717) is 5.82 Å². The molecule has 3 heterocycles. The van der Waals surface area contributed by atoms with Crippen molar-refractivity contribution in [2.75, 3.05) is 0 Å². The summed E-state index contributed by atoms with van der Waals surface area (Å²) in [5.41, 5.74) is 13.9. The van der Waals surface area contributed by atoms with E-state index < -0.39 is 0 Å². The van der Waals surface area contributed by atoms with Gasteiger partial charge in [0.2, 0.25) is 0 Å². The third-order valence-corrected chi connectivity index (χ3v) is 11.4. The molecule has 0 aliphatic heterocycles.